The van der Waals surface area contributed by atoms with Crippen molar-refractivity contribution in [2.45, 2.75) is 26.7 Å². The Kier molecular flexibility index (Phi) is 6.67. The van der Waals surface area contributed by atoms with E-state index in [1.165, 1.54) is 11.3 Å². The lowest BCUT2D eigenvalue weighted by Gasteiger charge is -2.29. The van der Waals surface area contributed by atoms with Crippen LogP contribution in [0.5, 0.6) is 0 Å². The van der Waals surface area contributed by atoms with Gasteiger partial charge in [0, 0.05) is 38.4 Å². The van der Waals surface area contributed by atoms with Crippen LogP contribution in [-0.4, -0.2) is 38.6 Å². The maximum atomic E-state index is 12.3. The average molecular weight is 377 g/mol. The topological polar surface area (TPSA) is 68.2 Å². The molecule has 28 heavy (non-hydrogen) atoms. The van der Waals surface area contributed by atoms with Gasteiger partial charge in [0.25, 0.3) is 0 Å². The van der Waals surface area contributed by atoms with Gasteiger partial charge in [-0.1, -0.05) is 12.1 Å². The molecule has 2 aromatic carbocycles. The lowest BCUT2D eigenvalue weighted by molar-refractivity contribution is -0.120. The van der Waals surface area contributed by atoms with Gasteiger partial charge in [-0.05, 0) is 66.8 Å². The van der Waals surface area contributed by atoms with E-state index in [0.717, 1.165) is 49.3 Å². The van der Waals surface area contributed by atoms with Crippen LogP contribution in [0, 0.1) is 25.2 Å². The smallest absolute Gasteiger partial charge is 0.224 e. The summed E-state index contributed by atoms with van der Waals surface area (Å²) in [4.78, 5) is 14.7. The van der Waals surface area contributed by atoms with E-state index < -0.39 is 0 Å². The summed E-state index contributed by atoms with van der Waals surface area (Å²) in [5.74, 6) is 0.0216. The van der Waals surface area contributed by atoms with Gasteiger partial charge in [-0.15, -0.1) is 0 Å². The van der Waals surface area contributed by atoms with Crippen LogP contribution in [0.2, 0.25) is 0 Å². The van der Waals surface area contributed by atoms with Crippen molar-refractivity contribution in [3.05, 3.63) is 64.2 Å². The lowest BCUT2D eigenvalue weighted by atomic mass is 9.97. The molecular weight excluding hydrogens is 348 g/mol. The number of amides is 1. The number of benzene rings is 2. The molecule has 1 aliphatic heterocycles. The first-order valence-corrected chi connectivity index (χ1v) is 9.88. The van der Waals surface area contributed by atoms with Crippen molar-refractivity contribution in [3.8, 4) is 6.07 Å². The van der Waals surface area contributed by atoms with Crippen molar-refractivity contribution in [1.82, 2.24) is 10.6 Å². The van der Waals surface area contributed by atoms with E-state index in [2.05, 4.69) is 45.9 Å². The highest BCUT2D eigenvalue weighted by Gasteiger charge is 2.11. The molecule has 0 aliphatic carbocycles. The van der Waals surface area contributed by atoms with Gasteiger partial charge < -0.3 is 15.5 Å². The van der Waals surface area contributed by atoms with Crippen molar-refractivity contribution < 1.29 is 4.79 Å². The van der Waals surface area contributed by atoms with Gasteiger partial charge in [-0.2, -0.15) is 5.26 Å². The standard InChI is InChI=1S/C23H28N4O/c1-17-13-20(16-24)14-18(2)22(17)15-23(28)26-8-7-19-3-5-21(6-4-19)27-11-9-25-10-12-27/h3-6,13-14,25H,7-12,15H2,1-2H3,(H,26,28). The first-order chi connectivity index (χ1) is 13.6. The summed E-state index contributed by atoms with van der Waals surface area (Å²) >= 11 is 0. The van der Waals surface area contributed by atoms with Crippen molar-refractivity contribution in [3.63, 3.8) is 0 Å². The molecule has 1 heterocycles. The fourth-order valence-corrected chi connectivity index (χ4v) is 3.70. The Morgan fingerprint density at radius 1 is 1.14 bits per heavy atom. The number of nitrogens with one attached hydrogen (secondary N) is 2. The highest BCUT2D eigenvalue weighted by atomic mass is 16.1. The number of carbonyl (C=O) groups is 1. The predicted octanol–water partition coefficient (Wildman–Crippen LogP) is 2.49. The third-order valence-corrected chi connectivity index (χ3v) is 5.32. The fourth-order valence-electron chi connectivity index (χ4n) is 3.70. The Morgan fingerprint density at radius 2 is 1.79 bits per heavy atom. The molecule has 1 amide bonds. The second-order valence-electron chi connectivity index (χ2n) is 7.38. The molecule has 0 aromatic heterocycles. The Bertz CT molecular complexity index is 838. The van der Waals surface area contributed by atoms with Crippen LogP contribution in [0.25, 0.3) is 0 Å². The van der Waals surface area contributed by atoms with Gasteiger partial charge in [0.2, 0.25) is 5.91 Å². The molecule has 2 N–H and O–H groups in total. The second-order valence-corrected chi connectivity index (χ2v) is 7.38. The molecule has 5 heteroatoms. The largest absolute Gasteiger partial charge is 0.369 e. The summed E-state index contributed by atoms with van der Waals surface area (Å²) in [5, 5.41) is 15.4. The number of nitriles is 1. The fraction of sp³-hybridized carbons (Fsp3) is 0.391. The maximum absolute atomic E-state index is 12.3. The number of carbonyl (C=O) groups excluding carboxylic acids is 1. The minimum atomic E-state index is 0.0216. The van der Waals surface area contributed by atoms with Crippen LogP contribution < -0.4 is 15.5 Å². The molecule has 0 bridgehead atoms. The first kappa shape index (κ1) is 19.9. The number of aryl methyl sites for hydroxylation is 2. The molecule has 1 aliphatic rings. The van der Waals surface area contributed by atoms with E-state index in [9.17, 15) is 4.79 Å². The molecule has 0 saturated carbocycles. The van der Waals surface area contributed by atoms with Gasteiger partial charge in [0.05, 0.1) is 18.1 Å². The van der Waals surface area contributed by atoms with Crippen LogP contribution in [0.3, 0.4) is 0 Å². The molecule has 1 fully saturated rings. The van der Waals surface area contributed by atoms with Crippen LogP contribution in [0.15, 0.2) is 36.4 Å². The van der Waals surface area contributed by atoms with Crippen LogP contribution in [0.1, 0.15) is 27.8 Å². The number of anilines is 1. The zero-order chi connectivity index (χ0) is 19.9. The average Bonchev–Trinajstić information content (AvgIpc) is 2.71. The summed E-state index contributed by atoms with van der Waals surface area (Å²) < 4.78 is 0. The quantitative estimate of drug-likeness (QED) is 0.813. The number of nitrogens with zero attached hydrogens (tertiary/aromatic N) is 2. The van der Waals surface area contributed by atoms with E-state index >= 15 is 0 Å². The third kappa shape index (κ3) is 5.11. The summed E-state index contributed by atoms with van der Waals surface area (Å²) in [5.41, 5.74) is 6.14. The maximum Gasteiger partial charge on any atom is 0.224 e. The molecule has 146 valence electrons. The van der Waals surface area contributed by atoms with Crippen molar-refractivity contribution in [2.75, 3.05) is 37.6 Å². The first-order valence-electron chi connectivity index (χ1n) is 9.88. The predicted molar refractivity (Wildman–Crippen MR) is 113 cm³/mol. The minimum absolute atomic E-state index is 0.0216. The Balaban J connectivity index is 1.48. The highest BCUT2D eigenvalue weighted by molar-refractivity contribution is 5.79. The van der Waals surface area contributed by atoms with E-state index in [0.29, 0.717) is 18.5 Å². The monoisotopic (exact) mass is 376 g/mol. The summed E-state index contributed by atoms with van der Waals surface area (Å²) in [6.07, 6.45) is 1.17. The van der Waals surface area contributed by atoms with E-state index in [1.807, 2.05) is 26.0 Å². The number of rotatable bonds is 6. The molecule has 2 aromatic rings. The van der Waals surface area contributed by atoms with Gasteiger partial charge >= 0.3 is 0 Å². The summed E-state index contributed by atoms with van der Waals surface area (Å²) in [6, 6.07) is 14.5. The molecule has 0 atom stereocenters. The zero-order valence-electron chi connectivity index (χ0n) is 16.7. The Hall–Kier alpha value is -2.84. The number of piperazine rings is 1. The van der Waals surface area contributed by atoms with Gasteiger partial charge in [0.1, 0.15) is 0 Å². The Morgan fingerprint density at radius 3 is 2.39 bits per heavy atom. The third-order valence-electron chi connectivity index (χ3n) is 5.32. The van der Waals surface area contributed by atoms with E-state index in [1.54, 1.807) is 0 Å². The van der Waals surface area contributed by atoms with Crippen LogP contribution >= 0.6 is 0 Å². The normalized spacial score (nSPS) is 13.8. The molecule has 0 unspecified atom stereocenters. The van der Waals surface area contributed by atoms with Gasteiger partial charge in [0.15, 0.2) is 0 Å². The minimum Gasteiger partial charge on any atom is -0.369 e. The van der Waals surface area contributed by atoms with Crippen LogP contribution in [0.4, 0.5) is 5.69 Å². The SMILES string of the molecule is Cc1cc(C#N)cc(C)c1CC(=O)NCCc1ccc(N2CCNCC2)cc1. The van der Waals surface area contributed by atoms with Crippen molar-refractivity contribution in [2.24, 2.45) is 0 Å². The zero-order valence-corrected chi connectivity index (χ0v) is 16.7. The van der Waals surface area contributed by atoms with Gasteiger partial charge in [-0.25, -0.2) is 0 Å². The highest BCUT2D eigenvalue weighted by Crippen LogP contribution is 2.18. The number of hydrogen-bond acceptors (Lipinski definition) is 4. The second kappa shape index (κ2) is 9.38. The summed E-state index contributed by atoms with van der Waals surface area (Å²) in [7, 11) is 0. The summed E-state index contributed by atoms with van der Waals surface area (Å²) in [6.45, 7) is 8.69. The molecule has 0 radical (unpaired) electrons. The molecule has 0 spiro atoms. The molecule has 3 rings (SSSR count). The van der Waals surface area contributed by atoms with E-state index in [-0.39, 0.29) is 5.91 Å². The number of hydrogen-bond donors (Lipinski definition) is 2. The van der Waals surface area contributed by atoms with Crippen molar-refractivity contribution in [1.29, 1.82) is 5.26 Å². The van der Waals surface area contributed by atoms with Gasteiger partial charge in [-0.3, -0.25) is 4.79 Å². The molecular formula is C23H28N4O. The van der Waals surface area contributed by atoms with Crippen LogP contribution in [-0.2, 0) is 17.6 Å². The molecule has 5 nitrogen and oxygen atoms in total. The Labute approximate surface area is 167 Å². The van der Waals surface area contributed by atoms with Crippen molar-refractivity contribution >= 4 is 11.6 Å². The lowest BCUT2D eigenvalue weighted by Crippen LogP contribution is -2.43. The molecule has 1 saturated heterocycles. The van der Waals surface area contributed by atoms with E-state index in [4.69, 9.17) is 5.26 Å².